The normalized spacial score (nSPS) is 11.7. The number of nitrogens with zero attached hydrogens (tertiary/aromatic N) is 5. The summed E-state index contributed by atoms with van der Waals surface area (Å²) in [5.41, 5.74) is 8.71. The van der Waals surface area contributed by atoms with Crippen molar-refractivity contribution in [2.24, 2.45) is 12.0 Å². The van der Waals surface area contributed by atoms with Gasteiger partial charge in [0.2, 0.25) is 5.90 Å². The zero-order chi connectivity index (χ0) is 18.7. The molecule has 9 nitrogen and oxygen atoms in total. The van der Waals surface area contributed by atoms with Crippen molar-refractivity contribution in [3.05, 3.63) is 22.6 Å². The van der Waals surface area contributed by atoms with Gasteiger partial charge in [0.1, 0.15) is 11.3 Å². The highest BCUT2D eigenvalue weighted by Gasteiger charge is 2.24. The lowest BCUT2D eigenvalue weighted by molar-refractivity contribution is 0.0526. The van der Waals surface area contributed by atoms with Crippen LogP contribution < -0.4 is 5.73 Å². The van der Waals surface area contributed by atoms with Crippen molar-refractivity contribution >= 4 is 23.4 Å². The van der Waals surface area contributed by atoms with Gasteiger partial charge in [-0.2, -0.15) is 15.2 Å². The summed E-state index contributed by atoms with van der Waals surface area (Å²) in [7, 11) is 3.20. The standard InChI is InChI=1S/C16H24N6O3/c1-7-22-13(12(17)10(4)20-22)15(24-6)18-14-11(16(23)25-8-2)9(3)19-21(14)5/h7-8,17H2,1-6H3/b18-15+. The molecular formula is C16H24N6O3. The molecule has 0 unspecified atom stereocenters. The molecule has 2 rings (SSSR count). The number of methoxy groups -OCH3 is 1. The van der Waals surface area contributed by atoms with E-state index in [9.17, 15) is 4.79 Å². The third-order valence-corrected chi connectivity index (χ3v) is 3.75. The van der Waals surface area contributed by atoms with Gasteiger partial charge in [-0.3, -0.25) is 4.68 Å². The number of nitrogens with two attached hydrogens (primary N) is 1. The molecular weight excluding hydrogens is 324 g/mol. The summed E-state index contributed by atoms with van der Waals surface area (Å²) < 4.78 is 13.8. The third kappa shape index (κ3) is 3.35. The minimum absolute atomic E-state index is 0.258. The smallest absolute Gasteiger partial charge is 0.343 e. The van der Waals surface area contributed by atoms with Crippen LogP contribution in [0.25, 0.3) is 0 Å². The van der Waals surface area contributed by atoms with E-state index in [2.05, 4.69) is 15.2 Å². The van der Waals surface area contributed by atoms with Crippen LogP contribution in [0.3, 0.4) is 0 Å². The van der Waals surface area contributed by atoms with Gasteiger partial charge < -0.3 is 15.2 Å². The van der Waals surface area contributed by atoms with Gasteiger partial charge in [0, 0.05) is 13.6 Å². The fourth-order valence-electron chi connectivity index (χ4n) is 2.56. The van der Waals surface area contributed by atoms with Crippen molar-refractivity contribution in [2.45, 2.75) is 34.2 Å². The second-order valence-corrected chi connectivity index (χ2v) is 5.41. The Morgan fingerprint density at radius 3 is 2.48 bits per heavy atom. The summed E-state index contributed by atoms with van der Waals surface area (Å²) in [4.78, 5) is 16.8. The number of anilines is 1. The Kier molecular flexibility index (Phi) is 5.45. The molecule has 2 N–H and O–H groups in total. The average molecular weight is 348 g/mol. The van der Waals surface area contributed by atoms with Gasteiger partial charge in [0.15, 0.2) is 5.82 Å². The molecule has 0 fully saturated rings. The van der Waals surface area contributed by atoms with E-state index < -0.39 is 5.97 Å². The largest absolute Gasteiger partial charge is 0.479 e. The maximum Gasteiger partial charge on any atom is 0.343 e. The Balaban J connectivity index is 2.64. The third-order valence-electron chi connectivity index (χ3n) is 3.75. The van der Waals surface area contributed by atoms with Gasteiger partial charge in [0.25, 0.3) is 0 Å². The van der Waals surface area contributed by atoms with Crippen molar-refractivity contribution < 1.29 is 14.3 Å². The zero-order valence-electron chi connectivity index (χ0n) is 15.5. The molecule has 0 radical (unpaired) electrons. The SMILES string of the molecule is CCOC(=O)c1c(C)nn(C)c1/N=C(/OC)c1c(N)c(C)nn1CC. The summed E-state index contributed by atoms with van der Waals surface area (Å²) in [5.74, 6) is 0.123. The Morgan fingerprint density at radius 1 is 1.24 bits per heavy atom. The lowest BCUT2D eigenvalue weighted by Gasteiger charge is -2.09. The maximum absolute atomic E-state index is 12.3. The number of nitrogen functional groups attached to an aromatic ring is 1. The van der Waals surface area contributed by atoms with Crippen LogP contribution >= 0.6 is 0 Å². The first-order valence-corrected chi connectivity index (χ1v) is 8.02. The predicted molar refractivity (Wildman–Crippen MR) is 94.2 cm³/mol. The highest BCUT2D eigenvalue weighted by atomic mass is 16.5. The fraction of sp³-hybridized carbons (Fsp3) is 0.500. The van der Waals surface area contributed by atoms with Crippen LogP contribution in [-0.4, -0.2) is 45.1 Å². The molecule has 0 amide bonds. The molecule has 0 atom stereocenters. The molecule has 0 aliphatic carbocycles. The van der Waals surface area contributed by atoms with Crippen molar-refractivity contribution in [3.8, 4) is 0 Å². The van der Waals surface area contributed by atoms with E-state index in [4.69, 9.17) is 15.2 Å². The topological polar surface area (TPSA) is 110 Å². The fourth-order valence-corrected chi connectivity index (χ4v) is 2.56. The Bertz CT molecular complexity index is 818. The zero-order valence-corrected chi connectivity index (χ0v) is 15.5. The van der Waals surface area contributed by atoms with Crippen LogP contribution in [0.5, 0.6) is 0 Å². The number of rotatable bonds is 5. The molecule has 2 aromatic rings. The van der Waals surface area contributed by atoms with Crippen LogP contribution in [0.1, 0.15) is 41.3 Å². The number of carbonyl (C=O) groups is 1. The van der Waals surface area contributed by atoms with Gasteiger partial charge in [0.05, 0.1) is 30.8 Å². The summed E-state index contributed by atoms with van der Waals surface area (Å²) in [6, 6.07) is 0. The number of hydrogen-bond donors (Lipinski definition) is 1. The first-order valence-electron chi connectivity index (χ1n) is 8.02. The van der Waals surface area contributed by atoms with Gasteiger partial charge >= 0.3 is 5.97 Å². The van der Waals surface area contributed by atoms with E-state index in [-0.39, 0.29) is 12.5 Å². The van der Waals surface area contributed by atoms with Gasteiger partial charge in [-0.05, 0) is 27.7 Å². The highest BCUT2D eigenvalue weighted by Crippen LogP contribution is 2.26. The maximum atomic E-state index is 12.3. The first kappa shape index (κ1) is 18.5. The molecule has 25 heavy (non-hydrogen) atoms. The van der Waals surface area contributed by atoms with Crippen LogP contribution in [0.4, 0.5) is 11.5 Å². The van der Waals surface area contributed by atoms with E-state index in [1.165, 1.54) is 11.8 Å². The van der Waals surface area contributed by atoms with E-state index in [1.54, 1.807) is 25.6 Å². The van der Waals surface area contributed by atoms with Crippen molar-refractivity contribution in [2.75, 3.05) is 19.5 Å². The van der Waals surface area contributed by atoms with Crippen molar-refractivity contribution in [1.82, 2.24) is 19.6 Å². The molecule has 2 aromatic heterocycles. The lowest BCUT2D eigenvalue weighted by Crippen LogP contribution is -2.14. The molecule has 9 heteroatoms. The average Bonchev–Trinajstić information content (AvgIpc) is 3.01. The number of hydrogen-bond acceptors (Lipinski definition) is 7. The molecule has 0 aliphatic rings. The van der Waals surface area contributed by atoms with Crippen LogP contribution in [0.15, 0.2) is 4.99 Å². The molecule has 0 bridgehead atoms. The molecule has 136 valence electrons. The Labute approximate surface area is 146 Å². The molecule has 0 aromatic carbocycles. The molecule has 0 saturated heterocycles. The highest BCUT2D eigenvalue weighted by molar-refractivity contribution is 6.02. The van der Waals surface area contributed by atoms with Crippen molar-refractivity contribution in [3.63, 3.8) is 0 Å². The summed E-state index contributed by atoms with van der Waals surface area (Å²) in [6.45, 7) is 8.10. The predicted octanol–water partition coefficient (Wildman–Crippen LogP) is 1.74. The number of aryl methyl sites for hydroxylation is 4. The van der Waals surface area contributed by atoms with Gasteiger partial charge in [-0.25, -0.2) is 9.48 Å². The second-order valence-electron chi connectivity index (χ2n) is 5.41. The second kappa shape index (κ2) is 7.37. The number of carbonyl (C=O) groups excluding carboxylic acids is 1. The van der Waals surface area contributed by atoms with E-state index in [0.717, 1.165) is 0 Å². The van der Waals surface area contributed by atoms with Gasteiger partial charge in [-0.1, -0.05) is 0 Å². The first-order chi connectivity index (χ1) is 11.8. The monoisotopic (exact) mass is 348 g/mol. The molecule has 0 aliphatic heterocycles. The minimum atomic E-state index is -0.476. The minimum Gasteiger partial charge on any atom is -0.479 e. The Hall–Kier alpha value is -2.84. The number of aliphatic imine (C=N–C) groups is 1. The summed E-state index contributed by atoms with van der Waals surface area (Å²) in [6.07, 6.45) is 0. The van der Waals surface area contributed by atoms with Crippen molar-refractivity contribution in [1.29, 1.82) is 0 Å². The summed E-state index contributed by atoms with van der Waals surface area (Å²) in [5, 5.41) is 8.64. The van der Waals surface area contributed by atoms with Crippen LogP contribution in [0, 0.1) is 13.8 Å². The quantitative estimate of drug-likeness (QED) is 0.501. The number of esters is 1. The van der Waals surface area contributed by atoms with E-state index >= 15 is 0 Å². The van der Waals surface area contributed by atoms with Gasteiger partial charge in [-0.15, -0.1) is 0 Å². The van der Waals surface area contributed by atoms with Crippen LogP contribution in [-0.2, 0) is 23.1 Å². The van der Waals surface area contributed by atoms with Crippen LogP contribution in [0.2, 0.25) is 0 Å². The Morgan fingerprint density at radius 2 is 1.92 bits per heavy atom. The lowest BCUT2D eigenvalue weighted by atomic mass is 10.2. The summed E-state index contributed by atoms with van der Waals surface area (Å²) >= 11 is 0. The molecule has 0 spiro atoms. The molecule has 2 heterocycles. The molecule has 0 saturated carbocycles. The van der Waals surface area contributed by atoms with E-state index in [0.29, 0.717) is 40.7 Å². The number of aromatic nitrogens is 4. The number of ether oxygens (including phenoxy) is 2. The van der Waals surface area contributed by atoms with E-state index in [1.807, 2.05) is 13.8 Å².